The van der Waals surface area contributed by atoms with E-state index in [-0.39, 0.29) is 37.0 Å². The predicted molar refractivity (Wildman–Crippen MR) is 89.0 cm³/mol. The summed E-state index contributed by atoms with van der Waals surface area (Å²) in [5.74, 6) is 0.576. The van der Waals surface area contributed by atoms with Crippen molar-refractivity contribution in [2.24, 2.45) is 11.8 Å². The van der Waals surface area contributed by atoms with Crippen molar-refractivity contribution in [3.63, 3.8) is 0 Å². The van der Waals surface area contributed by atoms with Crippen molar-refractivity contribution in [2.45, 2.75) is 27.7 Å². The van der Waals surface area contributed by atoms with Crippen LogP contribution in [0.25, 0.3) is 0 Å². The van der Waals surface area contributed by atoms with Crippen molar-refractivity contribution in [2.75, 3.05) is 26.4 Å². The fourth-order valence-electron chi connectivity index (χ4n) is 1.57. The zero-order valence-electron chi connectivity index (χ0n) is 14.7. The van der Waals surface area contributed by atoms with E-state index in [1.165, 1.54) is 0 Å². The third kappa shape index (κ3) is 7.85. The molecule has 24 heavy (non-hydrogen) atoms. The Bertz CT molecular complexity index is 460. The highest BCUT2D eigenvalue weighted by molar-refractivity contribution is 5.71. The lowest BCUT2D eigenvalue weighted by Crippen LogP contribution is -2.16. The molecule has 0 aliphatic carbocycles. The number of rotatable bonds is 10. The van der Waals surface area contributed by atoms with Gasteiger partial charge in [0.15, 0.2) is 0 Å². The first-order chi connectivity index (χ1) is 11.4. The molecule has 0 saturated heterocycles. The van der Waals surface area contributed by atoms with Crippen molar-refractivity contribution in [3.8, 4) is 11.5 Å². The van der Waals surface area contributed by atoms with Gasteiger partial charge in [-0.25, -0.2) is 0 Å². The van der Waals surface area contributed by atoms with Crippen LogP contribution in [0.15, 0.2) is 24.3 Å². The van der Waals surface area contributed by atoms with E-state index in [4.69, 9.17) is 18.9 Å². The molecule has 0 unspecified atom stereocenters. The molecule has 0 saturated carbocycles. The van der Waals surface area contributed by atoms with Gasteiger partial charge in [-0.1, -0.05) is 27.7 Å². The zero-order valence-corrected chi connectivity index (χ0v) is 14.7. The predicted octanol–water partition coefficient (Wildman–Crippen LogP) is 2.84. The number of ether oxygens (including phenoxy) is 4. The van der Waals surface area contributed by atoms with Crippen molar-refractivity contribution in [3.05, 3.63) is 24.3 Å². The van der Waals surface area contributed by atoms with Crippen molar-refractivity contribution in [1.82, 2.24) is 0 Å². The summed E-state index contributed by atoms with van der Waals surface area (Å²) in [6, 6.07) is 7.05. The molecule has 0 aromatic heterocycles. The maximum absolute atomic E-state index is 11.3. The van der Waals surface area contributed by atoms with Crippen LogP contribution in [0, 0.1) is 11.8 Å². The number of esters is 2. The molecule has 0 fully saturated rings. The first kappa shape index (κ1) is 19.8. The quantitative estimate of drug-likeness (QED) is 0.482. The van der Waals surface area contributed by atoms with Gasteiger partial charge in [-0.3, -0.25) is 9.59 Å². The van der Waals surface area contributed by atoms with Gasteiger partial charge < -0.3 is 18.9 Å². The Balaban J connectivity index is 2.21. The third-order valence-corrected chi connectivity index (χ3v) is 2.96. The van der Waals surface area contributed by atoms with Gasteiger partial charge in [-0.15, -0.1) is 0 Å². The molecule has 0 heterocycles. The summed E-state index contributed by atoms with van der Waals surface area (Å²) < 4.78 is 21.0. The highest BCUT2D eigenvalue weighted by Gasteiger charge is 2.08. The van der Waals surface area contributed by atoms with Crippen LogP contribution in [0.4, 0.5) is 0 Å². The zero-order chi connectivity index (χ0) is 17.9. The number of carbonyl (C=O) groups is 2. The fourth-order valence-corrected chi connectivity index (χ4v) is 1.57. The lowest BCUT2D eigenvalue weighted by atomic mass is 10.2. The van der Waals surface area contributed by atoms with E-state index >= 15 is 0 Å². The van der Waals surface area contributed by atoms with Gasteiger partial charge in [-0.05, 0) is 24.3 Å². The highest BCUT2D eigenvalue weighted by Crippen LogP contribution is 2.17. The normalized spacial score (nSPS) is 10.6. The lowest BCUT2D eigenvalue weighted by molar-refractivity contribution is -0.148. The van der Waals surface area contributed by atoms with Crippen LogP contribution in [0.1, 0.15) is 27.7 Å². The standard InChI is InChI=1S/C18H26O6/c1-13(2)17(19)23-11-9-21-15-5-7-16(8-6-15)22-10-12-24-18(20)14(3)4/h5-8,13-14H,9-12H2,1-4H3. The van der Waals surface area contributed by atoms with E-state index in [0.29, 0.717) is 24.7 Å². The molecule has 0 atom stereocenters. The maximum atomic E-state index is 11.3. The van der Waals surface area contributed by atoms with E-state index in [2.05, 4.69) is 0 Å². The summed E-state index contributed by atoms with van der Waals surface area (Å²) >= 11 is 0. The molecule has 1 rings (SSSR count). The Morgan fingerprint density at radius 2 is 1.04 bits per heavy atom. The molecule has 1 aromatic carbocycles. The molecular weight excluding hydrogens is 312 g/mol. The second-order valence-corrected chi connectivity index (χ2v) is 5.81. The van der Waals surface area contributed by atoms with E-state index in [1.54, 1.807) is 52.0 Å². The second kappa shape index (κ2) is 10.5. The van der Waals surface area contributed by atoms with Gasteiger partial charge in [0, 0.05) is 0 Å². The Morgan fingerprint density at radius 1 is 0.708 bits per heavy atom. The summed E-state index contributed by atoms with van der Waals surface area (Å²) in [6.07, 6.45) is 0. The largest absolute Gasteiger partial charge is 0.490 e. The van der Waals surface area contributed by atoms with Crippen LogP contribution in [0.2, 0.25) is 0 Å². The van der Waals surface area contributed by atoms with Gasteiger partial charge in [0.2, 0.25) is 0 Å². The van der Waals surface area contributed by atoms with E-state index in [1.807, 2.05) is 0 Å². The number of benzene rings is 1. The number of carbonyl (C=O) groups excluding carboxylic acids is 2. The Labute approximate surface area is 143 Å². The first-order valence-electron chi connectivity index (χ1n) is 8.09. The van der Waals surface area contributed by atoms with Crippen LogP contribution < -0.4 is 9.47 Å². The number of hydrogen-bond acceptors (Lipinski definition) is 6. The van der Waals surface area contributed by atoms with Gasteiger partial charge in [0.05, 0.1) is 11.8 Å². The molecule has 0 aliphatic heterocycles. The van der Waals surface area contributed by atoms with Crippen LogP contribution in [-0.2, 0) is 19.1 Å². The summed E-state index contributed by atoms with van der Waals surface area (Å²) in [5, 5.41) is 0. The van der Waals surface area contributed by atoms with E-state index < -0.39 is 0 Å². The molecule has 134 valence electrons. The Hall–Kier alpha value is -2.24. The summed E-state index contributed by atoms with van der Waals surface area (Å²) in [7, 11) is 0. The molecule has 0 spiro atoms. The highest BCUT2D eigenvalue weighted by atomic mass is 16.6. The first-order valence-corrected chi connectivity index (χ1v) is 8.09. The van der Waals surface area contributed by atoms with Gasteiger partial charge in [0.25, 0.3) is 0 Å². The van der Waals surface area contributed by atoms with Crippen LogP contribution >= 0.6 is 0 Å². The smallest absolute Gasteiger partial charge is 0.308 e. The molecule has 0 amide bonds. The van der Waals surface area contributed by atoms with Crippen LogP contribution in [-0.4, -0.2) is 38.4 Å². The minimum atomic E-state index is -0.236. The molecule has 0 bridgehead atoms. The minimum absolute atomic E-state index is 0.138. The minimum Gasteiger partial charge on any atom is -0.490 e. The Morgan fingerprint density at radius 3 is 1.33 bits per heavy atom. The Kier molecular flexibility index (Phi) is 8.68. The van der Waals surface area contributed by atoms with E-state index in [9.17, 15) is 9.59 Å². The van der Waals surface area contributed by atoms with Gasteiger partial charge in [0.1, 0.15) is 37.9 Å². The van der Waals surface area contributed by atoms with Crippen LogP contribution in [0.5, 0.6) is 11.5 Å². The number of hydrogen-bond donors (Lipinski definition) is 0. The SMILES string of the molecule is CC(C)C(=O)OCCOc1ccc(OCCOC(=O)C(C)C)cc1. The summed E-state index contributed by atoms with van der Waals surface area (Å²) in [5.41, 5.74) is 0. The molecule has 0 aliphatic rings. The summed E-state index contributed by atoms with van der Waals surface area (Å²) in [4.78, 5) is 22.6. The fraction of sp³-hybridized carbons (Fsp3) is 0.556. The van der Waals surface area contributed by atoms with E-state index in [0.717, 1.165) is 0 Å². The van der Waals surface area contributed by atoms with Crippen molar-refractivity contribution in [1.29, 1.82) is 0 Å². The molecule has 1 aromatic rings. The average molecular weight is 338 g/mol. The summed E-state index contributed by atoms with van der Waals surface area (Å²) in [6.45, 7) is 8.16. The third-order valence-electron chi connectivity index (χ3n) is 2.96. The second-order valence-electron chi connectivity index (χ2n) is 5.81. The lowest BCUT2D eigenvalue weighted by Gasteiger charge is -2.10. The van der Waals surface area contributed by atoms with Crippen LogP contribution in [0.3, 0.4) is 0 Å². The molecule has 0 N–H and O–H groups in total. The van der Waals surface area contributed by atoms with Crippen molar-refractivity contribution < 1.29 is 28.5 Å². The van der Waals surface area contributed by atoms with Crippen molar-refractivity contribution >= 4 is 11.9 Å². The van der Waals surface area contributed by atoms with Gasteiger partial charge in [-0.2, -0.15) is 0 Å². The molecule has 6 nitrogen and oxygen atoms in total. The average Bonchev–Trinajstić information content (AvgIpc) is 2.56. The molecular formula is C18H26O6. The maximum Gasteiger partial charge on any atom is 0.308 e. The molecule has 0 radical (unpaired) electrons. The van der Waals surface area contributed by atoms with Gasteiger partial charge >= 0.3 is 11.9 Å². The monoisotopic (exact) mass is 338 g/mol. The topological polar surface area (TPSA) is 71.1 Å². The molecule has 6 heteroatoms.